The minimum atomic E-state index is 0. The standard InChI is InChI=1S/4C27H23.2C2H6Si.2ClH.2Zr/c4*1-18(2)14-19-15-20-10-7-13-25(26(20)16-19)27-23-11-5-3-8-21(23)17-22-9-4-6-12-24(22)27;2*1-3-2;;;;/h4*3-13,15-18H,14H2,1-2H3;2*1-2H3;2*1H;;/q4*-1;;;;;2*+2/p-2. The number of hydrogen-bond donors (Lipinski definition) is 0. The summed E-state index contributed by atoms with van der Waals surface area (Å²) in [7, 11) is 0. The zero-order valence-corrected chi connectivity index (χ0v) is 78.7. The third kappa shape index (κ3) is 19.6. The van der Waals surface area contributed by atoms with Crippen LogP contribution in [0.4, 0.5) is 0 Å². The Bertz CT molecular complexity index is 5920. The number of rotatable bonds is 12. The van der Waals surface area contributed by atoms with Gasteiger partial charge in [-0.2, -0.15) is 24.3 Å². The second-order valence-corrected chi connectivity index (χ2v) is 52.6. The van der Waals surface area contributed by atoms with Gasteiger partial charge in [0, 0.05) is 0 Å². The Hall–Kier alpha value is -9.18. The quantitative estimate of drug-likeness (QED) is 0.0650. The van der Waals surface area contributed by atoms with Crippen LogP contribution >= 0.6 is 0 Å². The molecule has 0 aliphatic carbocycles. The maximum atomic E-state index is 2.40. The average Bonchev–Trinajstić information content (AvgIpc) is 0.958. The van der Waals surface area contributed by atoms with Crippen molar-refractivity contribution in [1.29, 1.82) is 0 Å². The van der Waals surface area contributed by atoms with Gasteiger partial charge in [-0.25, -0.2) is 0 Å². The normalized spacial score (nSPS) is 11.3. The SMILES string of the molecule is CC(C)Cc1cc2c(-c3c4ccccc4cc4ccccc34)cccc2[cH-]1.CC(C)Cc1cc2c(-c3c4ccccc4cc4ccccc34)cccc2[cH-]1.CC(C)Cc1cc2c(-c3c4ccccc4cc4ccccc34)cccc2[cH-]1.CC(C)Cc1cc2c(-c3c4ccccc4cc4ccccc34)cccc2[cH-]1.C[Si](C)=[Zr+2].C[Si](C)=[Zr+2].[Cl-].[Cl-]. The first kappa shape index (κ1) is 86.7. The van der Waals surface area contributed by atoms with Crippen LogP contribution in [-0.4, -0.2) is 10.9 Å². The van der Waals surface area contributed by atoms with Crippen LogP contribution in [0.3, 0.4) is 0 Å². The second kappa shape index (κ2) is 39.3. The first-order valence-electron chi connectivity index (χ1n) is 41.7. The van der Waals surface area contributed by atoms with E-state index < -0.39 is 0 Å². The van der Waals surface area contributed by atoms with E-state index in [0.717, 1.165) is 25.7 Å². The van der Waals surface area contributed by atoms with E-state index in [2.05, 4.69) is 421 Å². The van der Waals surface area contributed by atoms with Crippen molar-refractivity contribution >= 4 is 140 Å². The molecule has 118 heavy (non-hydrogen) atoms. The van der Waals surface area contributed by atoms with Crippen LogP contribution in [0.5, 0.6) is 0 Å². The van der Waals surface area contributed by atoms with E-state index in [9.17, 15) is 0 Å². The summed E-state index contributed by atoms with van der Waals surface area (Å²) < 4.78 is 0. The van der Waals surface area contributed by atoms with Gasteiger partial charge in [0.05, 0.1) is 0 Å². The van der Waals surface area contributed by atoms with E-state index in [1.54, 1.807) is 46.7 Å². The topological polar surface area (TPSA) is 0 Å². The molecule has 0 aliphatic heterocycles. The molecule has 0 bridgehead atoms. The van der Waals surface area contributed by atoms with Crippen LogP contribution in [0.15, 0.2) is 340 Å². The molecule has 0 aromatic heterocycles. The molecule has 0 N–H and O–H groups in total. The fourth-order valence-corrected chi connectivity index (χ4v) is 17.6. The molecular formula is C112H104Cl2Si2Zr2-2. The molecule has 0 saturated heterocycles. The predicted octanol–water partition coefficient (Wildman–Crippen LogP) is 26.5. The van der Waals surface area contributed by atoms with Crippen LogP contribution in [0.1, 0.15) is 77.6 Å². The van der Waals surface area contributed by atoms with E-state index >= 15 is 0 Å². The van der Waals surface area contributed by atoms with Crippen molar-refractivity contribution < 1.29 is 71.5 Å². The monoisotopic (exact) mass is 1750 g/mol. The molecule has 0 unspecified atom stereocenters. The average molecular weight is 1760 g/mol. The van der Waals surface area contributed by atoms with Gasteiger partial charge in [-0.15, -0.1) is 138 Å². The van der Waals surface area contributed by atoms with Crippen LogP contribution in [-0.2, 0) is 72.4 Å². The van der Waals surface area contributed by atoms with Crippen molar-refractivity contribution in [3.05, 3.63) is 362 Å². The molecule has 20 aromatic rings. The Morgan fingerprint density at radius 2 is 0.364 bits per heavy atom. The number of halogens is 2. The molecule has 0 amide bonds. The zero-order chi connectivity index (χ0) is 80.7. The minimum absolute atomic E-state index is 0. The molecule has 0 spiro atoms. The van der Waals surface area contributed by atoms with Gasteiger partial charge in [-0.1, -0.05) is 296 Å². The van der Waals surface area contributed by atoms with Gasteiger partial charge in [-0.05, 0) is 182 Å². The maximum absolute atomic E-state index is 2.40. The summed E-state index contributed by atoms with van der Waals surface area (Å²) in [5, 5.41) is 31.9. The fourth-order valence-electron chi connectivity index (χ4n) is 17.6. The van der Waals surface area contributed by atoms with Gasteiger partial charge in [0.1, 0.15) is 0 Å². The Morgan fingerprint density at radius 1 is 0.212 bits per heavy atom. The molecule has 0 heterocycles. The predicted molar refractivity (Wildman–Crippen MR) is 509 cm³/mol. The van der Waals surface area contributed by atoms with Crippen LogP contribution in [0.2, 0.25) is 26.2 Å². The third-order valence-corrected chi connectivity index (χ3v) is 22.0. The molecule has 0 saturated carbocycles. The fraction of sp³-hybridized carbons (Fsp3) is 0.179. The van der Waals surface area contributed by atoms with Gasteiger partial charge in [0.25, 0.3) is 0 Å². The van der Waals surface area contributed by atoms with E-state index in [0.29, 0.717) is 23.7 Å². The third-order valence-electron chi connectivity index (χ3n) is 22.0. The van der Waals surface area contributed by atoms with Crippen LogP contribution in [0.25, 0.3) is 174 Å². The molecule has 6 heteroatoms. The first-order chi connectivity index (χ1) is 56.3. The summed E-state index contributed by atoms with van der Waals surface area (Å²) in [5.41, 5.74) is 17.0. The molecular weight excluding hydrogens is 1650 g/mol. The largest absolute Gasteiger partial charge is 1.00 e. The van der Waals surface area contributed by atoms with Crippen molar-refractivity contribution in [2.45, 2.75) is 107 Å². The van der Waals surface area contributed by atoms with Gasteiger partial charge < -0.3 is 24.8 Å². The summed E-state index contributed by atoms with van der Waals surface area (Å²) in [6, 6.07) is 125. The van der Waals surface area contributed by atoms with E-state index in [4.69, 9.17) is 0 Å². The Balaban J connectivity index is 0.000000131. The maximum Gasteiger partial charge on any atom is -1.00 e. The van der Waals surface area contributed by atoms with Gasteiger partial charge in [-0.3, -0.25) is 0 Å². The Kier molecular flexibility index (Phi) is 28.9. The molecule has 584 valence electrons. The van der Waals surface area contributed by atoms with Crippen molar-refractivity contribution in [2.24, 2.45) is 23.7 Å². The van der Waals surface area contributed by atoms with Crippen molar-refractivity contribution in [2.75, 3.05) is 0 Å². The number of benzene rings is 16. The zero-order valence-electron chi connectivity index (χ0n) is 70.2. The molecule has 0 fully saturated rings. The number of fused-ring (bicyclic) bond motifs is 12. The van der Waals surface area contributed by atoms with Crippen molar-refractivity contribution in [3.8, 4) is 44.5 Å². The smallest absolute Gasteiger partial charge is 1.00 e. The van der Waals surface area contributed by atoms with Crippen LogP contribution in [0, 0.1) is 23.7 Å². The summed E-state index contributed by atoms with van der Waals surface area (Å²) in [4.78, 5) is 0. The van der Waals surface area contributed by atoms with Gasteiger partial charge in [0.15, 0.2) is 0 Å². The van der Waals surface area contributed by atoms with Crippen molar-refractivity contribution in [1.82, 2.24) is 0 Å². The van der Waals surface area contributed by atoms with E-state index in [1.807, 2.05) is 0 Å². The summed E-state index contributed by atoms with van der Waals surface area (Å²) in [5.74, 6) is 2.68. The second-order valence-electron chi connectivity index (χ2n) is 33.9. The first-order valence-corrected chi connectivity index (χ1v) is 54.1. The van der Waals surface area contributed by atoms with Crippen LogP contribution < -0.4 is 24.8 Å². The molecule has 20 aromatic carbocycles. The Labute approximate surface area is 741 Å². The molecule has 0 nitrogen and oxygen atoms in total. The molecule has 20 rings (SSSR count). The van der Waals surface area contributed by atoms with Crippen molar-refractivity contribution in [3.63, 3.8) is 0 Å². The summed E-state index contributed by atoms with van der Waals surface area (Å²) >= 11 is 3.48. The summed E-state index contributed by atoms with van der Waals surface area (Å²) in [6.45, 7) is 27.5. The molecule has 0 aliphatic rings. The Morgan fingerprint density at radius 3 is 0.517 bits per heavy atom. The molecule has 0 radical (unpaired) electrons. The van der Waals surface area contributed by atoms with Gasteiger partial charge >= 0.3 is 83.7 Å². The summed E-state index contributed by atoms with van der Waals surface area (Å²) in [6.07, 6.45) is 4.52. The number of hydrogen-bond acceptors (Lipinski definition) is 0. The van der Waals surface area contributed by atoms with E-state index in [-0.39, 0.29) is 35.7 Å². The van der Waals surface area contributed by atoms with Gasteiger partial charge in [0.2, 0.25) is 0 Å². The van der Waals surface area contributed by atoms with E-state index in [1.165, 1.54) is 196 Å². The molecule has 0 atom stereocenters. The minimum Gasteiger partial charge on any atom is -1.00 e.